The number of hydrogen-bond donors (Lipinski definition) is 2. The molecule has 1 aromatic heterocycles. The summed E-state index contributed by atoms with van der Waals surface area (Å²) in [7, 11) is 5.59. The van der Waals surface area contributed by atoms with Gasteiger partial charge in [-0.2, -0.15) is 0 Å². The van der Waals surface area contributed by atoms with Crippen molar-refractivity contribution in [3.05, 3.63) is 59.1 Å². The Bertz CT molecular complexity index is 944. The number of nitrogens with zero attached hydrogens (tertiary/aromatic N) is 1. The number of likely N-dealkylation sites (tertiary alicyclic amines) is 1. The van der Waals surface area contributed by atoms with Crippen LogP contribution >= 0.6 is 0 Å². The highest BCUT2D eigenvalue weighted by Crippen LogP contribution is 2.40. The number of aliphatic hydroxyl groups is 1. The second-order valence-corrected chi connectivity index (χ2v) is 7.48. The van der Waals surface area contributed by atoms with Gasteiger partial charge in [-0.1, -0.05) is 12.1 Å². The molecule has 1 aliphatic heterocycles. The number of ketones is 1. The third-order valence-corrected chi connectivity index (χ3v) is 4.99. The van der Waals surface area contributed by atoms with Crippen molar-refractivity contribution < 1.29 is 28.7 Å². The van der Waals surface area contributed by atoms with Crippen LogP contribution in [0.1, 0.15) is 29.5 Å². The monoisotopic (exact) mass is 399 g/mol. The molecule has 1 atom stereocenters. The van der Waals surface area contributed by atoms with E-state index in [-0.39, 0.29) is 11.3 Å². The van der Waals surface area contributed by atoms with Crippen molar-refractivity contribution >= 4 is 17.4 Å². The minimum atomic E-state index is -0.757. The van der Waals surface area contributed by atoms with Crippen LogP contribution in [0, 0.1) is 6.92 Å². The first-order valence-corrected chi connectivity index (χ1v) is 9.61. The van der Waals surface area contributed by atoms with Gasteiger partial charge in [0.1, 0.15) is 29.1 Å². The number of benzene rings is 1. The molecule has 1 aliphatic rings. The van der Waals surface area contributed by atoms with Gasteiger partial charge in [0.05, 0.1) is 33.3 Å². The molecule has 1 saturated heterocycles. The van der Waals surface area contributed by atoms with Crippen molar-refractivity contribution in [1.82, 2.24) is 4.90 Å². The third-order valence-electron chi connectivity index (χ3n) is 4.99. The molecule has 0 radical (unpaired) electrons. The Balaban J connectivity index is 2.07. The van der Waals surface area contributed by atoms with Crippen LogP contribution in [0.25, 0.3) is 5.76 Å². The van der Waals surface area contributed by atoms with Gasteiger partial charge < -0.3 is 24.1 Å². The van der Waals surface area contributed by atoms with Crippen LogP contribution in [0.15, 0.2) is 46.4 Å². The zero-order valence-corrected chi connectivity index (χ0v) is 17.2. The highest BCUT2D eigenvalue weighted by Gasteiger charge is 2.47. The summed E-state index contributed by atoms with van der Waals surface area (Å²) in [6.07, 6.45) is 0.727. The van der Waals surface area contributed by atoms with Gasteiger partial charge in [0.15, 0.2) is 0 Å². The predicted molar refractivity (Wildman–Crippen MR) is 108 cm³/mol. The molecule has 2 heterocycles. The molecule has 0 bridgehead atoms. The second-order valence-electron chi connectivity index (χ2n) is 7.48. The van der Waals surface area contributed by atoms with E-state index in [1.54, 1.807) is 43.3 Å². The summed E-state index contributed by atoms with van der Waals surface area (Å²) in [6.45, 7) is 3.05. The molecule has 7 heteroatoms. The number of aliphatic hydroxyl groups excluding tert-OH is 1. The molecular formula is C22H27N2O5+. The maximum Gasteiger partial charge on any atom is 0.295 e. The lowest BCUT2D eigenvalue weighted by Gasteiger charge is -2.23. The number of carbonyl (C=O) groups is 2. The number of methoxy groups -OCH3 is 1. The maximum absolute atomic E-state index is 12.9. The Morgan fingerprint density at radius 2 is 2.00 bits per heavy atom. The van der Waals surface area contributed by atoms with E-state index in [2.05, 4.69) is 0 Å². The van der Waals surface area contributed by atoms with E-state index >= 15 is 0 Å². The number of nitrogens with one attached hydrogen (secondary N) is 1. The summed E-state index contributed by atoms with van der Waals surface area (Å²) in [5.74, 6) is 0.113. The van der Waals surface area contributed by atoms with Crippen LogP contribution in [0.2, 0.25) is 0 Å². The van der Waals surface area contributed by atoms with Crippen LogP contribution in [-0.2, 0) is 9.59 Å². The normalized spacial score (nSPS) is 18.7. The van der Waals surface area contributed by atoms with Gasteiger partial charge in [-0.15, -0.1) is 0 Å². The Kier molecular flexibility index (Phi) is 6.08. The fourth-order valence-corrected chi connectivity index (χ4v) is 3.54. The van der Waals surface area contributed by atoms with Crippen LogP contribution in [0.4, 0.5) is 0 Å². The van der Waals surface area contributed by atoms with Crippen LogP contribution < -0.4 is 9.64 Å². The Hall–Kier alpha value is -3.06. The predicted octanol–water partition coefficient (Wildman–Crippen LogP) is 1.55. The summed E-state index contributed by atoms with van der Waals surface area (Å²) < 4.78 is 11.0. The molecule has 2 aromatic rings. The molecule has 1 aromatic carbocycles. The average molecular weight is 399 g/mol. The summed E-state index contributed by atoms with van der Waals surface area (Å²) >= 11 is 0. The topological polar surface area (TPSA) is 84.4 Å². The molecule has 7 nitrogen and oxygen atoms in total. The van der Waals surface area contributed by atoms with Gasteiger partial charge in [0, 0.05) is 18.5 Å². The van der Waals surface area contributed by atoms with Gasteiger partial charge in [-0.05, 0) is 31.2 Å². The van der Waals surface area contributed by atoms with E-state index in [9.17, 15) is 14.7 Å². The van der Waals surface area contributed by atoms with Gasteiger partial charge in [0.2, 0.25) is 0 Å². The van der Waals surface area contributed by atoms with Gasteiger partial charge in [-0.3, -0.25) is 9.59 Å². The number of ether oxygens (including phenoxy) is 1. The van der Waals surface area contributed by atoms with Crippen LogP contribution in [0.5, 0.6) is 5.75 Å². The lowest BCUT2D eigenvalue weighted by Crippen LogP contribution is -3.05. The molecule has 0 saturated carbocycles. The lowest BCUT2D eigenvalue weighted by molar-refractivity contribution is -0.858. The first-order valence-electron chi connectivity index (χ1n) is 9.61. The minimum Gasteiger partial charge on any atom is -0.507 e. The smallest absolute Gasteiger partial charge is 0.295 e. The summed E-state index contributed by atoms with van der Waals surface area (Å²) in [4.78, 5) is 28.4. The van der Waals surface area contributed by atoms with Gasteiger partial charge in [0.25, 0.3) is 11.7 Å². The molecular weight excluding hydrogens is 372 g/mol. The van der Waals surface area contributed by atoms with E-state index in [1.165, 1.54) is 16.9 Å². The SMILES string of the molecule is COc1cccc(C(O)=C2C(=O)C(=O)N(CCC[NH+](C)C)[C@H]2c2ccc(C)o2)c1. The van der Waals surface area contributed by atoms with E-state index in [0.29, 0.717) is 29.4 Å². The largest absolute Gasteiger partial charge is 0.507 e. The Labute approximate surface area is 170 Å². The first-order chi connectivity index (χ1) is 13.8. The van der Waals surface area contributed by atoms with Crippen molar-refractivity contribution in [3.63, 3.8) is 0 Å². The van der Waals surface area contributed by atoms with Crippen molar-refractivity contribution in [3.8, 4) is 5.75 Å². The number of rotatable bonds is 7. The van der Waals surface area contributed by atoms with E-state index in [0.717, 1.165) is 13.0 Å². The number of amides is 1. The minimum absolute atomic E-state index is 0.0369. The zero-order valence-electron chi connectivity index (χ0n) is 17.2. The standard InChI is InChI=1S/C22H26N2O5/c1-14-9-10-17(29-14)19-18(20(25)15-7-5-8-16(13-15)28-4)21(26)22(27)24(19)12-6-11-23(2)3/h5,7-10,13,19,25H,6,11-12H2,1-4H3/p+1/t19-/m0/s1. The van der Waals surface area contributed by atoms with Crippen molar-refractivity contribution in [1.29, 1.82) is 0 Å². The highest BCUT2D eigenvalue weighted by molar-refractivity contribution is 6.46. The summed E-state index contributed by atoms with van der Waals surface area (Å²) in [5, 5.41) is 11.0. The second kappa shape index (κ2) is 8.53. The molecule has 29 heavy (non-hydrogen) atoms. The number of Topliss-reactive ketones (excluding diaryl/α,β-unsaturated/α-hetero) is 1. The van der Waals surface area contributed by atoms with Crippen molar-refractivity contribution in [2.45, 2.75) is 19.4 Å². The Morgan fingerprint density at radius 3 is 2.62 bits per heavy atom. The quantitative estimate of drug-likeness (QED) is 0.419. The summed E-state index contributed by atoms with van der Waals surface area (Å²) in [6, 6.07) is 9.53. The number of aryl methyl sites for hydroxylation is 1. The first kappa shape index (κ1) is 20.7. The van der Waals surface area contributed by atoms with Gasteiger partial charge >= 0.3 is 0 Å². The third kappa shape index (κ3) is 4.19. The van der Waals surface area contributed by atoms with E-state index in [1.807, 2.05) is 14.1 Å². The molecule has 0 aliphatic carbocycles. The number of quaternary nitrogens is 1. The van der Waals surface area contributed by atoms with E-state index in [4.69, 9.17) is 9.15 Å². The van der Waals surface area contributed by atoms with Crippen molar-refractivity contribution in [2.24, 2.45) is 0 Å². The number of furan rings is 1. The molecule has 2 N–H and O–H groups in total. The molecule has 0 unspecified atom stereocenters. The maximum atomic E-state index is 12.9. The van der Waals surface area contributed by atoms with Crippen LogP contribution in [-0.4, -0.2) is 56.0 Å². The average Bonchev–Trinajstić information content (AvgIpc) is 3.23. The molecule has 154 valence electrons. The van der Waals surface area contributed by atoms with E-state index < -0.39 is 17.7 Å². The van der Waals surface area contributed by atoms with Crippen LogP contribution in [0.3, 0.4) is 0 Å². The van der Waals surface area contributed by atoms with Gasteiger partial charge in [-0.25, -0.2) is 0 Å². The molecule has 3 rings (SSSR count). The molecule has 1 amide bonds. The number of hydrogen-bond acceptors (Lipinski definition) is 5. The number of carbonyl (C=O) groups excluding carboxylic acids is 2. The molecule has 1 fully saturated rings. The Morgan fingerprint density at radius 1 is 1.24 bits per heavy atom. The van der Waals surface area contributed by atoms with Crippen molar-refractivity contribution in [2.75, 3.05) is 34.3 Å². The fourth-order valence-electron chi connectivity index (χ4n) is 3.54. The molecule has 0 spiro atoms. The summed E-state index contributed by atoms with van der Waals surface area (Å²) in [5.41, 5.74) is 0.447. The fraction of sp³-hybridized carbons (Fsp3) is 0.364. The lowest BCUT2D eigenvalue weighted by atomic mass is 9.99. The zero-order chi connectivity index (χ0) is 21.1. The highest BCUT2D eigenvalue weighted by atomic mass is 16.5.